The summed E-state index contributed by atoms with van der Waals surface area (Å²) in [7, 11) is 1.67. The van der Waals surface area contributed by atoms with Crippen molar-refractivity contribution >= 4 is 41.5 Å². The van der Waals surface area contributed by atoms with Crippen LogP contribution in [0.5, 0.6) is 5.75 Å². The maximum Gasteiger partial charge on any atom is 0.221 e. The van der Waals surface area contributed by atoms with Gasteiger partial charge in [-0.05, 0) is 26.0 Å². The third-order valence-corrected chi connectivity index (χ3v) is 2.93. The monoisotopic (exact) mass is 464 g/mol. The van der Waals surface area contributed by atoms with Crippen molar-refractivity contribution in [3.63, 3.8) is 0 Å². The van der Waals surface area contributed by atoms with Crippen molar-refractivity contribution in [2.75, 3.05) is 38.7 Å². The van der Waals surface area contributed by atoms with Crippen LogP contribution in [-0.4, -0.2) is 51.3 Å². The number of benzene rings is 1. The second-order valence-corrected chi connectivity index (χ2v) is 5.32. The minimum atomic E-state index is -0.108. The van der Waals surface area contributed by atoms with Crippen LogP contribution in [-0.2, 0) is 9.53 Å². The Kier molecular flexibility index (Phi) is 12.9. The van der Waals surface area contributed by atoms with Gasteiger partial charge < -0.3 is 25.4 Å². The lowest BCUT2D eigenvalue weighted by Gasteiger charge is -2.17. The number of hydrogen-bond donors (Lipinski definition) is 3. The predicted molar refractivity (Wildman–Crippen MR) is 112 cm³/mol. The Hall–Kier alpha value is -1.55. The van der Waals surface area contributed by atoms with Gasteiger partial charge in [0.05, 0.1) is 13.2 Å². The van der Waals surface area contributed by atoms with Gasteiger partial charge in [0.1, 0.15) is 12.4 Å². The molecule has 0 radical (unpaired) electrons. The minimum absolute atomic E-state index is 0. The van der Waals surface area contributed by atoms with E-state index < -0.39 is 0 Å². The van der Waals surface area contributed by atoms with E-state index in [1.807, 2.05) is 32.0 Å². The van der Waals surface area contributed by atoms with E-state index in [4.69, 9.17) is 9.47 Å². The molecule has 0 bridgehead atoms. The number of carbonyl (C=O) groups is 1. The van der Waals surface area contributed by atoms with Crippen LogP contribution >= 0.6 is 24.0 Å². The number of guanidine groups is 1. The van der Waals surface area contributed by atoms with E-state index in [-0.39, 0.29) is 35.9 Å². The summed E-state index contributed by atoms with van der Waals surface area (Å²) in [5.74, 6) is 1.32. The van der Waals surface area contributed by atoms with Crippen LogP contribution in [0.3, 0.4) is 0 Å². The number of ether oxygens (including phenoxy) is 2. The van der Waals surface area contributed by atoms with Crippen molar-refractivity contribution in [3.05, 3.63) is 24.3 Å². The quantitative estimate of drug-likeness (QED) is 0.226. The van der Waals surface area contributed by atoms with Crippen molar-refractivity contribution in [2.24, 2.45) is 4.99 Å². The molecule has 0 aliphatic carbocycles. The zero-order valence-corrected chi connectivity index (χ0v) is 17.6. The molecule has 1 amide bonds. The summed E-state index contributed by atoms with van der Waals surface area (Å²) >= 11 is 0. The van der Waals surface area contributed by atoms with E-state index in [1.165, 1.54) is 6.92 Å². The van der Waals surface area contributed by atoms with Gasteiger partial charge in [0.2, 0.25) is 5.91 Å². The standard InChI is InChI=1S/C17H28N4O3.HI/c1-5-18-17(20-13(2)12-23-4)19-9-10-24-16-8-6-7-15(11-16)21-14(3)22;/h6-8,11,13H,5,9-10,12H2,1-4H3,(H,21,22)(H2,18,19,20);1H. The lowest BCUT2D eigenvalue weighted by Crippen LogP contribution is -2.44. The fourth-order valence-electron chi connectivity index (χ4n) is 2.03. The van der Waals surface area contributed by atoms with E-state index >= 15 is 0 Å². The lowest BCUT2D eigenvalue weighted by molar-refractivity contribution is -0.114. The predicted octanol–water partition coefficient (Wildman–Crippen LogP) is 2.23. The molecular weight excluding hydrogens is 435 g/mol. The van der Waals surface area contributed by atoms with Gasteiger partial charge in [0, 0.05) is 38.4 Å². The Labute approximate surface area is 167 Å². The van der Waals surface area contributed by atoms with Gasteiger partial charge in [-0.15, -0.1) is 24.0 Å². The van der Waals surface area contributed by atoms with Gasteiger partial charge in [-0.25, -0.2) is 4.99 Å². The first-order valence-electron chi connectivity index (χ1n) is 8.09. The molecule has 1 unspecified atom stereocenters. The largest absolute Gasteiger partial charge is 0.492 e. The van der Waals surface area contributed by atoms with Crippen LogP contribution in [0.25, 0.3) is 0 Å². The topological polar surface area (TPSA) is 84.0 Å². The third kappa shape index (κ3) is 10.8. The van der Waals surface area contributed by atoms with Crippen molar-refractivity contribution in [2.45, 2.75) is 26.8 Å². The molecule has 0 aliphatic heterocycles. The summed E-state index contributed by atoms with van der Waals surface area (Å²) in [6.45, 7) is 7.87. The number of rotatable bonds is 9. The third-order valence-electron chi connectivity index (χ3n) is 2.93. The summed E-state index contributed by atoms with van der Waals surface area (Å²) in [6.07, 6.45) is 0. The number of halogens is 1. The molecule has 0 saturated carbocycles. The zero-order chi connectivity index (χ0) is 17.8. The number of methoxy groups -OCH3 is 1. The van der Waals surface area contributed by atoms with Gasteiger partial charge in [-0.1, -0.05) is 6.07 Å². The minimum Gasteiger partial charge on any atom is -0.492 e. The zero-order valence-electron chi connectivity index (χ0n) is 15.3. The molecule has 25 heavy (non-hydrogen) atoms. The van der Waals surface area contributed by atoms with Crippen LogP contribution in [0.1, 0.15) is 20.8 Å². The molecule has 142 valence electrons. The van der Waals surface area contributed by atoms with Crippen molar-refractivity contribution in [1.82, 2.24) is 10.6 Å². The highest BCUT2D eigenvalue weighted by Crippen LogP contribution is 2.17. The SMILES string of the molecule is CCNC(=NCCOc1cccc(NC(C)=O)c1)NC(C)COC.I. The van der Waals surface area contributed by atoms with Gasteiger partial charge >= 0.3 is 0 Å². The maximum absolute atomic E-state index is 11.1. The summed E-state index contributed by atoms with van der Waals surface area (Å²) < 4.78 is 10.8. The fourth-order valence-corrected chi connectivity index (χ4v) is 2.03. The second kappa shape index (κ2) is 13.7. The fraction of sp³-hybridized carbons (Fsp3) is 0.529. The molecule has 0 fully saturated rings. The van der Waals surface area contributed by atoms with Crippen LogP contribution in [0, 0.1) is 0 Å². The first-order valence-corrected chi connectivity index (χ1v) is 8.09. The maximum atomic E-state index is 11.1. The highest BCUT2D eigenvalue weighted by atomic mass is 127. The van der Waals surface area contributed by atoms with E-state index in [9.17, 15) is 4.79 Å². The van der Waals surface area contributed by atoms with Gasteiger partial charge in [-0.3, -0.25) is 4.79 Å². The highest BCUT2D eigenvalue weighted by Gasteiger charge is 2.04. The molecular formula is C17H29IN4O3. The second-order valence-electron chi connectivity index (χ2n) is 5.32. The number of anilines is 1. The van der Waals surface area contributed by atoms with E-state index in [2.05, 4.69) is 20.9 Å². The number of hydrogen-bond acceptors (Lipinski definition) is 4. The average molecular weight is 464 g/mol. The summed E-state index contributed by atoms with van der Waals surface area (Å²) in [6, 6.07) is 7.45. The Balaban J connectivity index is 0.00000576. The van der Waals surface area contributed by atoms with Gasteiger partial charge in [0.15, 0.2) is 5.96 Å². The molecule has 8 heteroatoms. The molecule has 1 aromatic rings. The van der Waals surface area contributed by atoms with Crippen molar-refractivity contribution < 1.29 is 14.3 Å². The molecule has 1 rings (SSSR count). The van der Waals surface area contributed by atoms with E-state index in [0.29, 0.717) is 31.2 Å². The Bertz CT molecular complexity index is 540. The molecule has 0 aliphatic rings. The summed E-state index contributed by atoms with van der Waals surface area (Å²) in [5, 5.41) is 9.17. The summed E-state index contributed by atoms with van der Waals surface area (Å²) in [4.78, 5) is 15.5. The molecule has 0 saturated heterocycles. The Morgan fingerprint density at radius 2 is 2.12 bits per heavy atom. The number of aliphatic imine (C=N–C) groups is 1. The lowest BCUT2D eigenvalue weighted by atomic mass is 10.3. The van der Waals surface area contributed by atoms with Crippen LogP contribution < -0.4 is 20.7 Å². The molecule has 3 N–H and O–H groups in total. The van der Waals surface area contributed by atoms with Crippen LogP contribution in [0.2, 0.25) is 0 Å². The van der Waals surface area contributed by atoms with Crippen LogP contribution in [0.15, 0.2) is 29.3 Å². The molecule has 0 heterocycles. The molecule has 1 atom stereocenters. The van der Waals surface area contributed by atoms with Gasteiger partial charge in [-0.2, -0.15) is 0 Å². The van der Waals surface area contributed by atoms with Crippen LogP contribution in [0.4, 0.5) is 5.69 Å². The number of nitrogens with one attached hydrogen (secondary N) is 3. The number of nitrogens with zero attached hydrogens (tertiary/aromatic N) is 1. The van der Waals surface area contributed by atoms with E-state index in [0.717, 1.165) is 12.5 Å². The average Bonchev–Trinajstić information content (AvgIpc) is 2.51. The Morgan fingerprint density at radius 3 is 2.76 bits per heavy atom. The number of carbonyl (C=O) groups excluding carboxylic acids is 1. The Morgan fingerprint density at radius 1 is 1.36 bits per heavy atom. The van der Waals surface area contributed by atoms with Gasteiger partial charge in [0.25, 0.3) is 0 Å². The normalized spacial score (nSPS) is 11.9. The first kappa shape index (κ1) is 23.4. The smallest absolute Gasteiger partial charge is 0.221 e. The van der Waals surface area contributed by atoms with Crippen molar-refractivity contribution in [1.29, 1.82) is 0 Å². The first-order chi connectivity index (χ1) is 11.5. The highest BCUT2D eigenvalue weighted by molar-refractivity contribution is 14.0. The number of amides is 1. The molecule has 0 spiro atoms. The van der Waals surface area contributed by atoms with E-state index in [1.54, 1.807) is 13.2 Å². The van der Waals surface area contributed by atoms with Crippen molar-refractivity contribution in [3.8, 4) is 5.75 Å². The molecule has 7 nitrogen and oxygen atoms in total. The molecule has 1 aromatic carbocycles. The molecule has 0 aromatic heterocycles. The summed E-state index contributed by atoms with van der Waals surface area (Å²) in [5.41, 5.74) is 0.715.